The highest BCUT2D eigenvalue weighted by Gasteiger charge is 2.47. The minimum atomic E-state index is -4.30. The Morgan fingerprint density at radius 3 is 2.33 bits per heavy atom. The molecule has 3 aliphatic carbocycles. The third kappa shape index (κ3) is 4.93. The minimum Gasteiger partial charge on any atom is -0.481 e. The van der Waals surface area contributed by atoms with E-state index in [0.29, 0.717) is 5.56 Å². The van der Waals surface area contributed by atoms with Crippen molar-refractivity contribution in [2.24, 2.45) is 17.8 Å². The lowest BCUT2D eigenvalue weighted by atomic mass is 9.61. The number of pyridine rings is 1. The molecule has 2 unspecified atom stereocenters. The van der Waals surface area contributed by atoms with E-state index in [4.69, 9.17) is 0 Å². The van der Waals surface area contributed by atoms with Gasteiger partial charge in [0.15, 0.2) is 23.1 Å². The molecule has 3 aromatic heterocycles. The second-order valence-electron chi connectivity index (χ2n) is 11.8. The molecule has 45 heavy (non-hydrogen) atoms. The molecule has 2 aromatic carbocycles. The fraction of sp³-hybridized carbons (Fsp3) is 0.273. The smallest absolute Gasteiger partial charge is 0.308 e. The Labute approximate surface area is 258 Å². The van der Waals surface area contributed by atoms with Gasteiger partial charge < -0.3 is 10.4 Å². The lowest BCUT2D eigenvalue weighted by molar-refractivity contribution is -0.148. The maximum absolute atomic E-state index is 15.4. The largest absolute Gasteiger partial charge is 0.481 e. The molecule has 0 amide bonds. The standard InChI is InChI=1S/C33H29F2N5O4S/c1-18-7-13-23(14-8-18)45(43,44)40-29(21-5-3-2-4-6-21)27(24-15-22(34)16-37-32(24)40)31-36-17-25(35)30(39-31)38-28-20-11-9-19(10-12-20)26(28)33(41)42/h2-8,13-17,19-20,26,28H,9-12H2,1H3,(H,41,42)(H,36,38,39). The number of anilines is 1. The highest BCUT2D eigenvalue weighted by molar-refractivity contribution is 7.90. The number of fused-ring (bicyclic) bond motifs is 4. The quantitative estimate of drug-likeness (QED) is 0.215. The van der Waals surface area contributed by atoms with E-state index in [1.165, 1.54) is 12.1 Å². The molecule has 9 nitrogen and oxygen atoms in total. The lowest BCUT2D eigenvalue weighted by Gasteiger charge is -2.47. The van der Waals surface area contributed by atoms with Crippen molar-refractivity contribution < 1.29 is 27.1 Å². The predicted molar refractivity (Wildman–Crippen MR) is 164 cm³/mol. The van der Waals surface area contributed by atoms with Crippen molar-refractivity contribution in [2.45, 2.75) is 43.5 Å². The van der Waals surface area contributed by atoms with Crippen LogP contribution in [0.25, 0.3) is 33.7 Å². The third-order valence-corrected chi connectivity index (χ3v) is 10.8. The SMILES string of the molecule is Cc1ccc(S(=O)(=O)n2c(-c3ccccc3)c(-c3ncc(F)c(NC4C5CCC(CC5)C4C(=O)O)n3)c3cc(F)cnc32)cc1. The lowest BCUT2D eigenvalue weighted by Crippen LogP contribution is -2.51. The van der Waals surface area contributed by atoms with Gasteiger partial charge in [-0.05, 0) is 62.6 Å². The van der Waals surface area contributed by atoms with Crippen molar-refractivity contribution in [3.63, 3.8) is 0 Å². The molecule has 12 heteroatoms. The molecule has 0 radical (unpaired) electrons. The number of aryl methyl sites for hydroxylation is 1. The number of carboxylic acid groups (broad SMARTS) is 1. The Balaban J connectivity index is 1.46. The summed E-state index contributed by atoms with van der Waals surface area (Å²) in [5.41, 5.74) is 1.54. The molecule has 3 heterocycles. The molecule has 3 aliphatic rings. The van der Waals surface area contributed by atoms with Crippen LogP contribution < -0.4 is 5.32 Å². The van der Waals surface area contributed by atoms with E-state index in [2.05, 4.69) is 20.3 Å². The highest BCUT2D eigenvalue weighted by atomic mass is 32.2. The van der Waals surface area contributed by atoms with E-state index >= 15 is 4.39 Å². The van der Waals surface area contributed by atoms with E-state index in [1.54, 1.807) is 42.5 Å². The van der Waals surface area contributed by atoms with Gasteiger partial charge in [0.2, 0.25) is 0 Å². The first-order valence-corrected chi connectivity index (χ1v) is 16.2. The fourth-order valence-corrected chi connectivity index (χ4v) is 8.51. The number of aliphatic carboxylic acids is 1. The van der Waals surface area contributed by atoms with Gasteiger partial charge in [-0.25, -0.2) is 36.1 Å². The summed E-state index contributed by atoms with van der Waals surface area (Å²) in [7, 11) is -4.30. The van der Waals surface area contributed by atoms with Crippen LogP contribution in [0.3, 0.4) is 0 Å². The van der Waals surface area contributed by atoms with Crippen LogP contribution >= 0.6 is 0 Å². The summed E-state index contributed by atoms with van der Waals surface area (Å²) in [5.74, 6) is -3.38. The molecule has 3 fully saturated rings. The van der Waals surface area contributed by atoms with Crippen molar-refractivity contribution in [2.75, 3.05) is 5.32 Å². The van der Waals surface area contributed by atoms with Gasteiger partial charge in [0.1, 0.15) is 5.82 Å². The van der Waals surface area contributed by atoms with Gasteiger partial charge in [-0.2, -0.15) is 0 Å². The maximum Gasteiger partial charge on any atom is 0.308 e. The number of hydrogen-bond donors (Lipinski definition) is 2. The maximum atomic E-state index is 15.4. The average Bonchev–Trinajstić information content (AvgIpc) is 3.38. The Kier molecular flexibility index (Phi) is 7.11. The normalized spacial score (nSPS) is 21.2. The third-order valence-electron chi connectivity index (χ3n) is 9.12. The second kappa shape index (κ2) is 11.0. The van der Waals surface area contributed by atoms with Gasteiger partial charge in [-0.3, -0.25) is 4.79 Å². The molecule has 8 rings (SSSR count). The van der Waals surface area contributed by atoms with E-state index < -0.39 is 39.6 Å². The first-order chi connectivity index (χ1) is 21.6. The summed E-state index contributed by atoms with van der Waals surface area (Å²) < 4.78 is 59.8. The van der Waals surface area contributed by atoms with Gasteiger partial charge in [0.05, 0.1) is 34.5 Å². The molecule has 2 atom stereocenters. The van der Waals surface area contributed by atoms with Crippen molar-refractivity contribution in [3.8, 4) is 22.6 Å². The Bertz CT molecular complexity index is 2040. The molecule has 5 aromatic rings. The Morgan fingerprint density at radius 2 is 1.64 bits per heavy atom. The number of nitrogens with one attached hydrogen (secondary N) is 1. The first kappa shape index (κ1) is 29.0. The summed E-state index contributed by atoms with van der Waals surface area (Å²) in [6.45, 7) is 1.84. The first-order valence-electron chi connectivity index (χ1n) is 14.7. The van der Waals surface area contributed by atoms with Crippen LogP contribution in [0.1, 0.15) is 31.2 Å². The zero-order chi connectivity index (χ0) is 31.5. The van der Waals surface area contributed by atoms with E-state index in [9.17, 15) is 22.7 Å². The van der Waals surface area contributed by atoms with E-state index in [0.717, 1.165) is 53.7 Å². The molecule has 0 spiro atoms. The average molecular weight is 630 g/mol. The van der Waals surface area contributed by atoms with Crippen molar-refractivity contribution in [1.82, 2.24) is 18.9 Å². The Hall–Kier alpha value is -4.71. The molecule has 3 saturated carbocycles. The van der Waals surface area contributed by atoms with Crippen LogP contribution in [-0.4, -0.2) is 44.5 Å². The summed E-state index contributed by atoms with van der Waals surface area (Å²) in [6.07, 6.45) is 5.18. The summed E-state index contributed by atoms with van der Waals surface area (Å²) in [5, 5.41) is 13.2. The van der Waals surface area contributed by atoms with Gasteiger partial charge in [0.25, 0.3) is 10.0 Å². The van der Waals surface area contributed by atoms with Crippen molar-refractivity contribution >= 4 is 32.8 Å². The monoisotopic (exact) mass is 629 g/mol. The summed E-state index contributed by atoms with van der Waals surface area (Å²) in [6, 6.07) is 15.6. The number of rotatable bonds is 7. The van der Waals surface area contributed by atoms with Gasteiger partial charge in [-0.1, -0.05) is 48.0 Å². The molecular weight excluding hydrogens is 600 g/mol. The van der Waals surface area contributed by atoms with E-state index in [-0.39, 0.29) is 50.7 Å². The number of carbonyl (C=O) groups is 1. The number of benzene rings is 2. The number of hydrogen-bond acceptors (Lipinski definition) is 7. The topological polar surface area (TPSA) is 127 Å². The van der Waals surface area contributed by atoms with Crippen molar-refractivity contribution in [3.05, 3.63) is 90.3 Å². The highest BCUT2D eigenvalue weighted by Crippen LogP contribution is 2.47. The van der Waals surface area contributed by atoms with Gasteiger partial charge >= 0.3 is 5.97 Å². The van der Waals surface area contributed by atoms with Gasteiger partial charge in [0, 0.05) is 17.0 Å². The van der Waals surface area contributed by atoms with Crippen LogP contribution in [-0.2, 0) is 14.8 Å². The number of aromatic nitrogens is 4. The van der Waals surface area contributed by atoms with Crippen molar-refractivity contribution in [1.29, 1.82) is 0 Å². The number of carboxylic acids is 1. The molecule has 0 saturated heterocycles. The number of nitrogens with zero attached hydrogens (tertiary/aromatic N) is 4. The zero-order valence-electron chi connectivity index (χ0n) is 24.2. The number of halogens is 2. The molecule has 230 valence electrons. The molecule has 2 bridgehead atoms. The second-order valence-corrected chi connectivity index (χ2v) is 13.6. The molecule has 2 N–H and O–H groups in total. The fourth-order valence-electron chi connectivity index (χ4n) is 7.01. The van der Waals surface area contributed by atoms with E-state index in [1.807, 2.05) is 6.92 Å². The van der Waals surface area contributed by atoms with Crippen LogP contribution in [0.15, 0.2) is 78.0 Å². The van der Waals surface area contributed by atoms with Gasteiger partial charge in [-0.15, -0.1) is 0 Å². The van der Waals surface area contributed by atoms with Crippen LogP contribution in [0.4, 0.5) is 14.6 Å². The molecule has 0 aliphatic heterocycles. The minimum absolute atomic E-state index is 0.00528. The predicted octanol–water partition coefficient (Wildman–Crippen LogP) is 6.29. The molecular formula is C33H29F2N5O4S. The van der Waals surface area contributed by atoms with Crippen LogP contribution in [0, 0.1) is 36.3 Å². The van der Waals surface area contributed by atoms with Crippen LogP contribution in [0.5, 0.6) is 0 Å². The van der Waals surface area contributed by atoms with Crippen LogP contribution in [0.2, 0.25) is 0 Å². The summed E-state index contributed by atoms with van der Waals surface area (Å²) >= 11 is 0. The Morgan fingerprint density at radius 1 is 0.956 bits per heavy atom. The summed E-state index contributed by atoms with van der Waals surface area (Å²) in [4.78, 5) is 25.2. The zero-order valence-corrected chi connectivity index (χ0v) is 25.0.